The first-order valence-electron chi connectivity index (χ1n) is 6.00. The normalized spacial score (nSPS) is 17.3. The Bertz CT molecular complexity index is 494. The Labute approximate surface area is 111 Å². The van der Waals surface area contributed by atoms with Crippen LogP contribution in [0.4, 0.5) is 0 Å². The van der Waals surface area contributed by atoms with Gasteiger partial charge in [-0.25, -0.2) is 0 Å². The zero-order valence-corrected chi connectivity index (χ0v) is 10.8. The van der Waals surface area contributed by atoms with Crippen molar-refractivity contribution in [3.63, 3.8) is 0 Å². The number of methoxy groups -OCH3 is 1. The highest BCUT2D eigenvalue weighted by atomic mass is 16.6. The van der Waals surface area contributed by atoms with E-state index in [2.05, 4.69) is 17.1 Å². The van der Waals surface area contributed by atoms with Crippen molar-refractivity contribution in [2.75, 3.05) is 13.7 Å². The predicted molar refractivity (Wildman–Crippen MR) is 72.2 cm³/mol. The molecular formula is C14H16N2O3. The Hall–Kier alpha value is -2.30. The third-order valence-corrected chi connectivity index (χ3v) is 2.81. The topological polar surface area (TPSA) is 59.9 Å². The Morgan fingerprint density at radius 2 is 2.32 bits per heavy atom. The predicted octanol–water partition coefficient (Wildman–Crippen LogP) is 1.49. The Balaban J connectivity index is 1.96. The SMILES string of the molecule is C=CCNC(=O)[C@H]1CC(c2ccc(OC)cc2)=NO1. The largest absolute Gasteiger partial charge is 0.497 e. The van der Waals surface area contributed by atoms with E-state index in [0.29, 0.717) is 13.0 Å². The van der Waals surface area contributed by atoms with Crippen molar-refractivity contribution in [1.82, 2.24) is 5.32 Å². The number of benzene rings is 1. The minimum atomic E-state index is -0.558. The zero-order valence-electron chi connectivity index (χ0n) is 10.8. The number of hydrogen-bond acceptors (Lipinski definition) is 4. The highest BCUT2D eigenvalue weighted by molar-refractivity contribution is 6.04. The van der Waals surface area contributed by atoms with Gasteiger partial charge in [0.2, 0.25) is 6.10 Å². The number of ether oxygens (including phenoxy) is 1. The fourth-order valence-electron chi connectivity index (χ4n) is 1.76. The molecule has 1 atom stereocenters. The van der Waals surface area contributed by atoms with E-state index in [1.807, 2.05) is 24.3 Å². The quantitative estimate of drug-likeness (QED) is 0.816. The molecule has 0 radical (unpaired) electrons. The van der Waals surface area contributed by atoms with Crippen LogP contribution in [0, 0.1) is 0 Å². The minimum Gasteiger partial charge on any atom is -0.497 e. The van der Waals surface area contributed by atoms with Crippen molar-refractivity contribution in [3.05, 3.63) is 42.5 Å². The molecule has 19 heavy (non-hydrogen) atoms. The molecule has 0 saturated heterocycles. The van der Waals surface area contributed by atoms with Crippen LogP contribution >= 0.6 is 0 Å². The number of oxime groups is 1. The maximum atomic E-state index is 11.7. The summed E-state index contributed by atoms with van der Waals surface area (Å²) < 4.78 is 5.09. The molecule has 1 amide bonds. The van der Waals surface area contributed by atoms with Crippen molar-refractivity contribution in [1.29, 1.82) is 0 Å². The Morgan fingerprint density at radius 1 is 1.58 bits per heavy atom. The highest BCUT2D eigenvalue weighted by Gasteiger charge is 2.28. The molecule has 0 aliphatic carbocycles. The molecular weight excluding hydrogens is 244 g/mol. The summed E-state index contributed by atoms with van der Waals surface area (Å²) in [6, 6.07) is 7.49. The van der Waals surface area contributed by atoms with Gasteiger partial charge >= 0.3 is 0 Å². The molecule has 0 fully saturated rings. The van der Waals surface area contributed by atoms with Gasteiger partial charge in [-0.3, -0.25) is 4.79 Å². The van der Waals surface area contributed by atoms with Crippen LogP contribution in [0.3, 0.4) is 0 Å². The third kappa shape index (κ3) is 3.13. The molecule has 0 spiro atoms. The van der Waals surface area contributed by atoms with Gasteiger partial charge < -0.3 is 14.9 Å². The van der Waals surface area contributed by atoms with Crippen LogP contribution in [0.5, 0.6) is 5.75 Å². The number of carbonyl (C=O) groups excluding carboxylic acids is 1. The summed E-state index contributed by atoms with van der Waals surface area (Å²) in [5.41, 5.74) is 1.70. The molecule has 0 bridgehead atoms. The average molecular weight is 260 g/mol. The minimum absolute atomic E-state index is 0.174. The summed E-state index contributed by atoms with van der Waals surface area (Å²) in [6.07, 6.45) is 1.53. The summed E-state index contributed by atoms with van der Waals surface area (Å²) in [6.45, 7) is 3.97. The number of nitrogens with zero attached hydrogens (tertiary/aromatic N) is 1. The molecule has 5 heteroatoms. The standard InChI is InChI=1S/C14H16N2O3/c1-3-8-15-14(17)13-9-12(16-19-13)10-4-6-11(18-2)7-5-10/h3-7,13H,1,8-9H2,2H3,(H,15,17)/t13-/m1/s1. The molecule has 1 aliphatic rings. The lowest BCUT2D eigenvalue weighted by atomic mass is 10.0. The Morgan fingerprint density at radius 3 is 2.95 bits per heavy atom. The van der Waals surface area contributed by atoms with E-state index in [-0.39, 0.29) is 5.91 Å². The first-order valence-corrected chi connectivity index (χ1v) is 6.00. The number of amides is 1. The fourth-order valence-corrected chi connectivity index (χ4v) is 1.76. The van der Waals surface area contributed by atoms with E-state index in [9.17, 15) is 4.79 Å². The van der Waals surface area contributed by atoms with Gasteiger partial charge in [0.1, 0.15) is 5.75 Å². The lowest BCUT2D eigenvalue weighted by Crippen LogP contribution is -2.34. The van der Waals surface area contributed by atoms with Gasteiger partial charge in [-0.05, 0) is 29.8 Å². The molecule has 2 rings (SSSR count). The van der Waals surface area contributed by atoms with Gasteiger partial charge in [0.05, 0.1) is 12.8 Å². The van der Waals surface area contributed by atoms with Gasteiger partial charge in [0.15, 0.2) is 0 Å². The first kappa shape index (κ1) is 13.1. The fraction of sp³-hybridized carbons (Fsp3) is 0.286. The van der Waals surface area contributed by atoms with Crippen molar-refractivity contribution >= 4 is 11.6 Å². The van der Waals surface area contributed by atoms with Gasteiger partial charge in [-0.15, -0.1) is 6.58 Å². The van der Waals surface area contributed by atoms with Crippen LogP contribution in [0.25, 0.3) is 0 Å². The molecule has 1 N–H and O–H groups in total. The number of rotatable bonds is 5. The van der Waals surface area contributed by atoms with Crippen molar-refractivity contribution in [2.24, 2.45) is 5.16 Å². The molecule has 1 aliphatic heterocycles. The van der Waals surface area contributed by atoms with Gasteiger partial charge in [0.25, 0.3) is 5.91 Å². The summed E-state index contributed by atoms with van der Waals surface area (Å²) in [4.78, 5) is 16.9. The maximum absolute atomic E-state index is 11.7. The van der Waals surface area contributed by atoms with Gasteiger partial charge in [-0.2, -0.15) is 0 Å². The lowest BCUT2D eigenvalue weighted by Gasteiger charge is -2.07. The second-order valence-corrected chi connectivity index (χ2v) is 4.10. The first-order chi connectivity index (χ1) is 9.24. The van der Waals surface area contributed by atoms with E-state index in [4.69, 9.17) is 9.57 Å². The second kappa shape index (κ2) is 6.04. The zero-order chi connectivity index (χ0) is 13.7. The van der Waals surface area contributed by atoms with Crippen LogP contribution < -0.4 is 10.1 Å². The van der Waals surface area contributed by atoms with Crippen LogP contribution in [0.15, 0.2) is 42.1 Å². The van der Waals surface area contributed by atoms with E-state index in [1.165, 1.54) is 0 Å². The molecule has 5 nitrogen and oxygen atoms in total. The molecule has 1 aromatic rings. The molecule has 1 heterocycles. The van der Waals surface area contributed by atoms with Crippen molar-refractivity contribution < 1.29 is 14.4 Å². The number of carbonyl (C=O) groups is 1. The molecule has 1 aromatic carbocycles. The summed E-state index contributed by atoms with van der Waals surface area (Å²) in [7, 11) is 1.62. The van der Waals surface area contributed by atoms with E-state index < -0.39 is 6.10 Å². The molecule has 0 saturated carbocycles. The smallest absolute Gasteiger partial charge is 0.264 e. The van der Waals surface area contributed by atoms with Crippen LogP contribution in [0.1, 0.15) is 12.0 Å². The van der Waals surface area contributed by atoms with Crippen LogP contribution in [-0.2, 0) is 9.63 Å². The van der Waals surface area contributed by atoms with E-state index >= 15 is 0 Å². The summed E-state index contributed by atoms with van der Waals surface area (Å²) >= 11 is 0. The molecule has 0 aromatic heterocycles. The monoisotopic (exact) mass is 260 g/mol. The highest BCUT2D eigenvalue weighted by Crippen LogP contribution is 2.19. The summed E-state index contributed by atoms with van der Waals surface area (Å²) in [5.74, 6) is 0.607. The van der Waals surface area contributed by atoms with E-state index in [1.54, 1.807) is 13.2 Å². The molecule has 0 unspecified atom stereocenters. The number of hydrogen-bond donors (Lipinski definition) is 1. The summed E-state index contributed by atoms with van der Waals surface area (Å²) in [5, 5.41) is 6.65. The van der Waals surface area contributed by atoms with Gasteiger partial charge in [-0.1, -0.05) is 11.2 Å². The second-order valence-electron chi connectivity index (χ2n) is 4.10. The third-order valence-electron chi connectivity index (χ3n) is 2.81. The lowest BCUT2D eigenvalue weighted by molar-refractivity contribution is -0.130. The van der Waals surface area contributed by atoms with Crippen LogP contribution in [-0.4, -0.2) is 31.4 Å². The maximum Gasteiger partial charge on any atom is 0.264 e. The molecule has 100 valence electrons. The van der Waals surface area contributed by atoms with Gasteiger partial charge in [0, 0.05) is 13.0 Å². The van der Waals surface area contributed by atoms with Crippen LogP contribution in [0.2, 0.25) is 0 Å². The van der Waals surface area contributed by atoms with E-state index in [0.717, 1.165) is 17.0 Å². The average Bonchev–Trinajstić information content (AvgIpc) is 2.94. The van der Waals surface area contributed by atoms with Crippen molar-refractivity contribution in [3.8, 4) is 5.75 Å². The van der Waals surface area contributed by atoms with Crippen molar-refractivity contribution in [2.45, 2.75) is 12.5 Å². The number of nitrogens with one attached hydrogen (secondary N) is 1. The Kier molecular flexibility index (Phi) is 4.18.